The summed E-state index contributed by atoms with van der Waals surface area (Å²) in [5.74, 6) is 0.235. The van der Waals surface area contributed by atoms with Gasteiger partial charge in [-0.25, -0.2) is 0 Å². The molecule has 1 N–H and O–H groups in total. The van der Waals surface area contributed by atoms with E-state index in [4.69, 9.17) is 39.5 Å². The van der Waals surface area contributed by atoms with E-state index >= 15 is 0 Å². The summed E-state index contributed by atoms with van der Waals surface area (Å²) in [5.41, 5.74) is 0.451. The molecule has 0 bridgehead atoms. The van der Waals surface area contributed by atoms with Crippen LogP contribution >= 0.6 is 34.8 Å². The zero-order chi connectivity index (χ0) is 16.1. The number of carbonyl (C=O) groups is 1. The zero-order valence-corrected chi connectivity index (χ0v) is 14.0. The van der Waals surface area contributed by atoms with E-state index in [1.54, 1.807) is 42.5 Å². The number of rotatable bonds is 5. The minimum Gasteiger partial charge on any atom is -0.481 e. The van der Waals surface area contributed by atoms with Gasteiger partial charge in [0.25, 0.3) is 5.91 Å². The normalized spacial score (nSPS) is 11.8. The molecule has 0 aliphatic rings. The number of ether oxygens (including phenoxy) is 1. The molecule has 0 aromatic heterocycles. The summed E-state index contributed by atoms with van der Waals surface area (Å²) < 4.78 is 5.68. The van der Waals surface area contributed by atoms with Crippen LogP contribution < -0.4 is 10.1 Å². The van der Waals surface area contributed by atoms with E-state index in [1.807, 2.05) is 6.92 Å². The lowest BCUT2D eigenvalue weighted by Gasteiger charge is -2.18. The average molecular weight is 359 g/mol. The topological polar surface area (TPSA) is 38.3 Å². The Morgan fingerprint density at radius 3 is 2.55 bits per heavy atom. The molecule has 2 rings (SSSR count). The molecule has 0 fully saturated rings. The van der Waals surface area contributed by atoms with Gasteiger partial charge < -0.3 is 10.1 Å². The number of benzene rings is 2. The molecule has 116 valence electrons. The van der Waals surface area contributed by atoms with E-state index in [1.165, 1.54) is 0 Å². The van der Waals surface area contributed by atoms with Gasteiger partial charge in [0.15, 0.2) is 6.10 Å². The molecule has 0 spiro atoms. The lowest BCUT2D eigenvalue weighted by Crippen LogP contribution is -2.32. The molecule has 0 saturated carbocycles. The summed E-state index contributed by atoms with van der Waals surface area (Å²) in [4.78, 5) is 12.3. The molecule has 1 unspecified atom stereocenters. The predicted octanol–water partition coefficient (Wildman–Crippen LogP) is 5.44. The van der Waals surface area contributed by atoms with Gasteiger partial charge in [-0.1, -0.05) is 47.8 Å². The Hall–Kier alpha value is -1.42. The van der Waals surface area contributed by atoms with Crippen LogP contribution in [0.1, 0.15) is 13.3 Å². The molecule has 1 atom stereocenters. The molecule has 0 heterocycles. The van der Waals surface area contributed by atoms with E-state index in [-0.39, 0.29) is 5.91 Å². The van der Waals surface area contributed by atoms with E-state index in [0.717, 1.165) is 0 Å². The van der Waals surface area contributed by atoms with Crippen LogP contribution in [0.2, 0.25) is 15.1 Å². The Balaban J connectivity index is 2.10. The Bertz CT molecular complexity index is 676. The molecular weight excluding hydrogens is 345 g/mol. The monoisotopic (exact) mass is 357 g/mol. The standard InChI is InChI=1S/C16H14Cl3NO2/c1-2-15(22-12-5-3-4-10(17)8-12)16(21)20-14-9-11(18)6-7-13(14)19/h3-9,15H,2H2,1H3,(H,20,21). The third-order valence-electron chi connectivity index (χ3n) is 2.92. The maximum Gasteiger partial charge on any atom is 0.265 e. The first kappa shape index (κ1) is 16.9. The van der Waals surface area contributed by atoms with E-state index in [2.05, 4.69) is 5.32 Å². The van der Waals surface area contributed by atoms with Crippen LogP contribution in [0, 0.1) is 0 Å². The molecule has 2 aromatic carbocycles. The van der Waals surface area contributed by atoms with Crippen LogP contribution in [0.25, 0.3) is 0 Å². The number of amides is 1. The molecule has 0 aliphatic carbocycles. The van der Waals surface area contributed by atoms with Gasteiger partial charge in [0.2, 0.25) is 0 Å². The first-order chi connectivity index (χ1) is 10.5. The summed E-state index contributed by atoms with van der Waals surface area (Å²) >= 11 is 17.8. The highest BCUT2D eigenvalue weighted by molar-refractivity contribution is 6.35. The fourth-order valence-corrected chi connectivity index (χ4v) is 2.35. The molecule has 6 heteroatoms. The smallest absolute Gasteiger partial charge is 0.265 e. The van der Waals surface area contributed by atoms with Crippen molar-refractivity contribution in [3.8, 4) is 5.75 Å². The van der Waals surface area contributed by atoms with Crippen molar-refractivity contribution in [3.63, 3.8) is 0 Å². The van der Waals surface area contributed by atoms with Crippen molar-refractivity contribution in [2.75, 3.05) is 5.32 Å². The van der Waals surface area contributed by atoms with Crippen molar-refractivity contribution in [1.29, 1.82) is 0 Å². The Morgan fingerprint density at radius 2 is 1.86 bits per heavy atom. The van der Waals surface area contributed by atoms with Crippen LogP contribution in [0.3, 0.4) is 0 Å². The number of hydrogen-bond acceptors (Lipinski definition) is 2. The van der Waals surface area contributed by atoms with Gasteiger partial charge in [-0.2, -0.15) is 0 Å². The number of anilines is 1. The minimum absolute atomic E-state index is 0.299. The van der Waals surface area contributed by atoms with Crippen molar-refractivity contribution >= 4 is 46.4 Å². The van der Waals surface area contributed by atoms with E-state index < -0.39 is 6.10 Å². The molecular formula is C16H14Cl3NO2. The highest BCUT2D eigenvalue weighted by Crippen LogP contribution is 2.26. The van der Waals surface area contributed by atoms with Crippen LogP contribution in [-0.4, -0.2) is 12.0 Å². The first-order valence-corrected chi connectivity index (χ1v) is 7.81. The summed E-state index contributed by atoms with van der Waals surface area (Å²) in [6.45, 7) is 1.86. The van der Waals surface area contributed by atoms with Crippen molar-refractivity contribution in [2.24, 2.45) is 0 Å². The van der Waals surface area contributed by atoms with Gasteiger partial charge >= 0.3 is 0 Å². The highest BCUT2D eigenvalue weighted by atomic mass is 35.5. The number of carbonyl (C=O) groups excluding carboxylic acids is 1. The molecule has 1 amide bonds. The molecule has 0 aliphatic heterocycles. The molecule has 22 heavy (non-hydrogen) atoms. The Morgan fingerprint density at radius 1 is 1.14 bits per heavy atom. The van der Waals surface area contributed by atoms with Crippen LogP contribution in [-0.2, 0) is 4.79 Å². The van der Waals surface area contributed by atoms with Gasteiger partial charge in [-0.05, 0) is 42.8 Å². The molecule has 0 saturated heterocycles. The average Bonchev–Trinajstić information content (AvgIpc) is 2.48. The molecule has 3 nitrogen and oxygen atoms in total. The summed E-state index contributed by atoms with van der Waals surface area (Å²) in [5, 5.41) is 4.17. The van der Waals surface area contributed by atoms with Crippen molar-refractivity contribution in [3.05, 3.63) is 57.5 Å². The summed E-state index contributed by atoms with van der Waals surface area (Å²) in [6.07, 6.45) is -0.162. The molecule has 2 aromatic rings. The van der Waals surface area contributed by atoms with E-state index in [9.17, 15) is 4.79 Å². The number of halogens is 3. The maximum atomic E-state index is 12.3. The van der Waals surface area contributed by atoms with Gasteiger partial charge in [0.1, 0.15) is 5.75 Å². The van der Waals surface area contributed by atoms with Crippen molar-refractivity contribution in [1.82, 2.24) is 0 Å². The van der Waals surface area contributed by atoms with Crippen LogP contribution in [0.15, 0.2) is 42.5 Å². The van der Waals surface area contributed by atoms with Gasteiger partial charge in [0, 0.05) is 10.0 Å². The van der Waals surface area contributed by atoms with Gasteiger partial charge in [-0.15, -0.1) is 0 Å². The Kier molecular flexibility index (Phi) is 5.95. The largest absolute Gasteiger partial charge is 0.481 e. The van der Waals surface area contributed by atoms with Crippen molar-refractivity contribution < 1.29 is 9.53 Å². The second kappa shape index (κ2) is 7.73. The quantitative estimate of drug-likeness (QED) is 0.772. The van der Waals surface area contributed by atoms with Gasteiger partial charge in [-0.3, -0.25) is 4.79 Å². The van der Waals surface area contributed by atoms with Gasteiger partial charge in [0.05, 0.1) is 10.7 Å². The van der Waals surface area contributed by atoms with E-state index in [0.29, 0.717) is 32.9 Å². The zero-order valence-electron chi connectivity index (χ0n) is 11.8. The lowest BCUT2D eigenvalue weighted by molar-refractivity contribution is -0.122. The second-order valence-electron chi connectivity index (χ2n) is 4.59. The fourth-order valence-electron chi connectivity index (χ4n) is 1.83. The minimum atomic E-state index is -0.659. The van der Waals surface area contributed by atoms with Crippen LogP contribution in [0.5, 0.6) is 5.75 Å². The third kappa shape index (κ3) is 4.54. The Labute approximate surface area is 144 Å². The lowest BCUT2D eigenvalue weighted by atomic mass is 10.2. The fraction of sp³-hybridized carbons (Fsp3) is 0.188. The summed E-state index contributed by atoms with van der Waals surface area (Å²) in [7, 11) is 0. The number of hydrogen-bond donors (Lipinski definition) is 1. The SMILES string of the molecule is CCC(Oc1cccc(Cl)c1)C(=O)Nc1cc(Cl)ccc1Cl. The van der Waals surface area contributed by atoms with Crippen LogP contribution in [0.4, 0.5) is 5.69 Å². The first-order valence-electron chi connectivity index (χ1n) is 6.67. The maximum absolute atomic E-state index is 12.3. The predicted molar refractivity (Wildman–Crippen MR) is 91.3 cm³/mol. The number of nitrogens with one attached hydrogen (secondary N) is 1. The molecule has 0 radical (unpaired) electrons. The third-order valence-corrected chi connectivity index (χ3v) is 3.72. The summed E-state index contributed by atoms with van der Waals surface area (Å²) in [6, 6.07) is 11.8. The second-order valence-corrected chi connectivity index (χ2v) is 5.87. The highest BCUT2D eigenvalue weighted by Gasteiger charge is 2.19. The van der Waals surface area contributed by atoms with Crippen molar-refractivity contribution in [2.45, 2.75) is 19.4 Å².